The van der Waals surface area contributed by atoms with Crippen LogP contribution in [0.3, 0.4) is 0 Å². The molecule has 1 aliphatic carbocycles. The number of nitrogens with zero attached hydrogens (tertiary/aromatic N) is 1. The summed E-state index contributed by atoms with van der Waals surface area (Å²) < 4.78 is 0. The summed E-state index contributed by atoms with van der Waals surface area (Å²) in [6, 6.07) is 0.401. The first-order chi connectivity index (χ1) is 8.60. The Morgan fingerprint density at radius 2 is 2.11 bits per heavy atom. The molecule has 5 unspecified atom stereocenters. The van der Waals surface area contributed by atoms with Gasteiger partial charge in [-0.05, 0) is 56.9 Å². The highest BCUT2D eigenvalue weighted by Crippen LogP contribution is 2.32. The van der Waals surface area contributed by atoms with Crippen molar-refractivity contribution in [2.45, 2.75) is 58.1 Å². The van der Waals surface area contributed by atoms with E-state index in [2.05, 4.69) is 11.8 Å². The van der Waals surface area contributed by atoms with Crippen molar-refractivity contribution in [2.75, 3.05) is 19.6 Å². The van der Waals surface area contributed by atoms with E-state index in [1.807, 2.05) is 6.92 Å². The first-order valence-electron chi connectivity index (χ1n) is 7.76. The molecule has 1 saturated carbocycles. The van der Waals surface area contributed by atoms with Gasteiger partial charge in [-0.15, -0.1) is 0 Å². The lowest BCUT2D eigenvalue weighted by Gasteiger charge is -2.36. The minimum absolute atomic E-state index is 0.154. The van der Waals surface area contributed by atoms with E-state index in [-0.39, 0.29) is 6.10 Å². The van der Waals surface area contributed by atoms with Crippen LogP contribution in [0.1, 0.15) is 46.0 Å². The predicted octanol–water partition coefficient (Wildman–Crippen LogP) is 1.84. The van der Waals surface area contributed by atoms with Crippen LogP contribution >= 0.6 is 0 Å². The number of rotatable bonds is 4. The third kappa shape index (κ3) is 3.46. The average Bonchev–Trinajstić information content (AvgIpc) is 2.81. The lowest BCUT2D eigenvalue weighted by atomic mass is 9.77. The summed E-state index contributed by atoms with van der Waals surface area (Å²) in [7, 11) is 0. The van der Waals surface area contributed by atoms with Crippen LogP contribution in [0.5, 0.6) is 0 Å². The van der Waals surface area contributed by atoms with E-state index in [0.717, 1.165) is 32.0 Å². The molecule has 0 radical (unpaired) electrons. The summed E-state index contributed by atoms with van der Waals surface area (Å²) in [5.41, 5.74) is 6.29. The van der Waals surface area contributed by atoms with Gasteiger partial charge in [-0.1, -0.05) is 13.3 Å². The summed E-state index contributed by atoms with van der Waals surface area (Å²) in [4.78, 5) is 2.53. The standard InChI is InChI=1S/C15H30N2O/c1-3-12-4-5-15(16)14(8-12)10-17-7-6-13(9-17)11(2)18/h11-15,18H,3-10,16H2,1-2H3. The van der Waals surface area contributed by atoms with E-state index in [0.29, 0.717) is 17.9 Å². The first kappa shape index (κ1) is 14.3. The number of aliphatic hydroxyl groups excluding tert-OH is 1. The molecule has 3 heteroatoms. The second-order valence-electron chi connectivity index (χ2n) is 6.56. The molecule has 0 aromatic heterocycles. The molecule has 0 aromatic carbocycles. The minimum Gasteiger partial charge on any atom is -0.393 e. The van der Waals surface area contributed by atoms with Gasteiger partial charge in [0.05, 0.1) is 6.10 Å². The maximum absolute atomic E-state index is 9.66. The van der Waals surface area contributed by atoms with E-state index in [1.54, 1.807) is 0 Å². The van der Waals surface area contributed by atoms with Crippen LogP contribution in [-0.4, -0.2) is 41.8 Å². The highest BCUT2D eigenvalue weighted by molar-refractivity contribution is 4.87. The fourth-order valence-electron chi connectivity index (χ4n) is 3.72. The topological polar surface area (TPSA) is 49.5 Å². The van der Waals surface area contributed by atoms with Crippen LogP contribution in [0.15, 0.2) is 0 Å². The lowest BCUT2D eigenvalue weighted by Crippen LogP contribution is -2.42. The molecule has 2 aliphatic rings. The molecule has 0 bridgehead atoms. The van der Waals surface area contributed by atoms with Gasteiger partial charge in [-0.25, -0.2) is 0 Å². The van der Waals surface area contributed by atoms with Crippen molar-refractivity contribution in [3.8, 4) is 0 Å². The monoisotopic (exact) mass is 254 g/mol. The number of hydrogen-bond acceptors (Lipinski definition) is 3. The molecule has 2 fully saturated rings. The Kier molecular flexibility index (Phi) is 5.05. The van der Waals surface area contributed by atoms with E-state index in [1.165, 1.54) is 25.7 Å². The molecule has 0 aromatic rings. The van der Waals surface area contributed by atoms with E-state index < -0.39 is 0 Å². The Morgan fingerprint density at radius 3 is 2.72 bits per heavy atom. The average molecular weight is 254 g/mol. The van der Waals surface area contributed by atoms with Crippen molar-refractivity contribution in [2.24, 2.45) is 23.5 Å². The van der Waals surface area contributed by atoms with Crippen LogP contribution < -0.4 is 5.73 Å². The van der Waals surface area contributed by atoms with E-state index in [9.17, 15) is 5.11 Å². The van der Waals surface area contributed by atoms with Crippen molar-refractivity contribution in [3.63, 3.8) is 0 Å². The number of likely N-dealkylation sites (tertiary alicyclic amines) is 1. The van der Waals surface area contributed by atoms with Gasteiger partial charge in [-0.2, -0.15) is 0 Å². The summed E-state index contributed by atoms with van der Waals surface area (Å²) in [5, 5.41) is 9.66. The summed E-state index contributed by atoms with van der Waals surface area (Å²) >= 11 is 0. The van der Waals surface area contributed by atoms with Crippen molar-refractivity contribution in [1.29, 1.82) is 0 Å². The zero-order chi connectivity index (χ0) is 13.1. The second kappa shape index (κ2) is 6.36. The van der Waals surface area contributed by atoms with Crippen molar-refractivity contribution >= 4 is 0 Å². The molecule has 3 nitrogen and oxygen atoms in total. The maximum Gasteiger partial charge on any atom is 0.0552 e. The van der Waals surface area contributed by atoms with Gasteiger partial charge in [0.1, 0.15) is 0 Å². The Balaban J connectivity index is 1.81. The Bertz CT molecular complexity index is 257. The van der Waals surface area contributed by atoms with Crippen molar-refractivity contribution in [1.82, 2.24) is 4.90 Å². The number of aliphatic hydroxyl groups is 1. The van der Waals surface area contributed by atoms with Crippen molar-refractivity contribution in [3.05, 3.63) is 0 Å². The van der Waals surface area contributed by atoms with Crippen LogP contribution in [0.4, 0.5) is 0 Å². The van der Waals surface area contributed by atoms with E-state index in [4.69, 9.17) is 5.73 Å². The minimum atomic E-state index is -0.154. The smallest absolute Gasteiger partial charge is 0.0552 e. The quantitative estimate of drug-likeness (QED) is 0.805. The fourth-order valence-corrected chi connectivity index (χ4v) is 3.72. The summed E-state index contributed by atoms with van der Waals surface area (Å²) in [6.45, 7) is 7.60. The molecule has 18 heavy (non-hydrogen) atoms. The number of hydrogen-bond donors (Lipinski definition) is 2. The first-order valence-corrected chi connectivity index (χ1v) is 7.76. The molecule has 1 heterocycles. The molecule has 3 N–H and O–H groups in total. The fraction of sp³-hybridized carbons (Fsp3) is 1.00. The SMILES string of the molecule is CCC1CCC(N)C(CN2CCC(C(C)O)C2)C1. The molecular weight excluding hydrogens is 224 g/mol. The van der Waals surface area contributed by atoms with Crippen molar-refractivity contribution < 1.29 is 5.11 Å². The lowest BCUT2D eigenvalue weighted by molar-refractivity contribution is 0.119. The maximum atomic E-state index is 9.66. The van der Waals surface area contributed by atoms with Crippen LogP contribution in [-0.2, 0) is 0 Å². The van der Waals surface area contributed by atoms with Crippen LogP contribution in [0, 0.1) is 17.8 Å². The van der Waals surface area contributed by atoms with Gasteiger partial charge in [0, 0.05) is 19.1 Å². The Labute approximate surface area is 112 Å². The largest absolute Gasteiger partial charge is 0.393 e. The third-order valence-corrected chi connectivity index (χ3v) is 5.21. The summed E-state index contributed by atoms with van der Waals surface area (Å²) in [5.74, 6) is 2.05. The Morgan fingerprint density at radius 1 is 1.33 bits per heavy atom. The number of nitrogens with two attached hydrogens (primary N) is 1. The zero-order valence-corrected chi connectivity index (χ0v) is 12.0. The molecule has 1 saturated heterocycles. The van der Waals surface area contributed by atoms with Crippen LogP contribution in [0.2, 0.25) is 0 Å². The second-order valence-corrected chi connectivity index (χ2v) is 6.56. The van der Waals surface area contributed by atoms with Gasteiger partial charge in [0.15, 0.2) is 0 Å². The molecule has 106 valence electrons. The predicted molar refractivity (Wildman–Crippen MR) is 75.3 cm³/mol. The highest BCUT2D eigenvalue weighted by Gasteiger charge is 2.32. The van der Waals surface area contributed by atoms with Gasteiger partial charge in [0.25, 0.3) is 0 Å². The van der Waals surface area contributed by atoms with Gasteiger partial charge in [-0.3, -0.25) is 0 Å². The van der Waals surface area contributed by atoms with Crippen LogP contribution in [0.25, 0.3) is 0 Å². The molecule has 5 atom stereocenters. The van der Waals surface area contributed by atoms with Gasteiger partial charge < -0.3 is 15.7 Å². The molecular formula is C15H30N2O. The Hall–Kier alpha value is -0.120. The molecule has 1 aliphatic heterocycles. The molecule has 0 spiro atoms. The molecule has 2 rings (SSSR count). The molecule has 0 amide bonds. The third-order valence-electron chi connectivity index (χ3n) is 5.21. The van der Waals surface area contributed by atoms with Gasteiger partial charge >= 0.3 is 0 Å². The normalized spacial score (nSPS) is 40.0. The summed E-state index contributed by atoms with van der Waals surface area (Å²) in [6.07, 6.45) is 6.14. The van der Waals surface area contributed by atoms with E-state index >= 15 is 0 Å². The zero-order valence-electron chi connectivity index (χ0n) is 12.0. The van der Waals surface area contributed by atoms with Gasteiger partial charge in [0.2, 0.25) is 0 Å². The highest BCUT2D eigenvalue weighted by atomic mass is 16.3.